The molecule has 2 aromatic carbocycles. The van der Waals surface area contributed by atoms with Crippen LogP contribution in [0.4, 0.5) is 0 Å². The molecule has 3 heteroatoms. The summed E-state index contributed by atoms with van der Waals surface area (Å²) in [5.41, 5.74) is 9.59. The zero-order chi connectivity index (χ0) is 13.1. The summed E-state index contributed by atoms with van der Waals surface area (Å²) in [6.07, 6.45) is 0.767. The Labute approximate surface area is 118 Å². The van der Waals surface area contributed by atoms with Gasteiger partial charge in [0.1, 0.15) is 0 Å². The van der Waals surface area contributed by atoms with E-state index in [4.69, 9.17) is 28.9 Å². The second kappa shape index (κ2) is 5.75. The van der Waals surface area contributed by atoms with Crippen molar-refractivity contribution in [2.45, 2.75) is 19.4 Å². The van der Waals surface area contributed by atoms with Gasteiger partial charge in [-0.2, -0.15) is 0 Å². The van der Waals surface area contributed by atoms with Crippen molar-refractivity contribution in [2.75, 3.05) is 0 Å². The van der Waals surface area contributed by atoms with Gasteiger partial charge < -0.3 is 5.73 Å². The lowest BCUT2D eigenvalue weighted by Gasteiger charge is -2.14. The lowest BCUT2D eigenvalue weighted by Crippen LogP contribution is -2.13. The number of rotatable bonds is 3. The van der Waals surface area contributed by atoms with E-state index in [1.807, 2.05) is 18.2 Å². The van der Waals surface area contributed by atoms with Crippen molar-refractivity contribution in [1.82, 2.24) is 0 Å². The highest BCUT2D eigenvalue weighted by Gasteiger charge is 2.11. The summed E-state index contributed by atoms with van der Waals surface area (Å²) in [4.78, 5) is 0. The number of hydrogen-bond acceptors (Lipinski definition) is 1. The third-order valence-corrected chi connectivity index (χ3v) is 3.46. The van der Waals surface area contributed by atoms with E-state index in [9.17, 15) is 0 Å². The van der Waals surface area contributed by atoms with E-state index in [2.05, 4.69) is 25.1 Å². The maximum atomic E-state index is 6.20. The van der Waals surface area contributed by atoms with Gasteiger partial charge in [0, 0.05) is 16.1 Å². The van der Waals surface area contributed by atoms with E-state index in [1.54, 1.807) is 6.07 Å². The average Bonchev–Trinajstić information content (AvgIpc) is 2.28. The average molecular weight is 280 g/mol. The number of hydrogen-bond donors (Lipinski definition) is 1. The maximum absolute atomic E-state index is 6.20. The van der Waals surface area contributed by atoms with Crippen LogP contribution in [0.5, 0.6) is 0 Å². The molecule has 0 heterocycles. The van der Waals surface area contributed by atoms with Crippen LogP contribution in [0.1, 0.15) is 22.7 Å². The summed E-state index contributed by atoms with van der Waals surface area (Å²) in [6.45, 7) is 2.07. The zero-order valence-electron chi connectivity index (χ0n) is 10.2. The molecule has 94 valence electrons. The van der Waals surface area contributed by atoms with Gasteiger partial charge >= 0.3 is 0 Å². The molecule has 0 aliphatic rings. The lowest BCUT2D eigenvalue weighted by atomic mass is 9.99. The van der Waals surface area contributed by atoms with Gasteiger partial charge in [-0.25, -0.2) is 0 Å². The van der Waals surface area contributed by atoms with Gasteiger partial charge in [0.2, 0.25) is 0 Å². The molecule has 0 amide bonds. The van der Waals surface area contributed by atoms with Crippen LogP contribution in [0, 0.1) is 6.92 Å². The molecule has 0 aliphatic carbocycles. The summed E-state index contributed by atoms with van der Waals surface area (Å²) < 4.78 is 0. The number of aryl methyl sites for hydroxylation is 1. The Balaban J connectivity index is 2.19. The summed E-state index contributed by atoms with van der Waals surface area (Å²) >= 11 is 12.0. The van der Waals surface area contributed by atoms with Crippen LogP contribution in [0.3, 0.4) is 0 Å². The second-order valence-corrected chi connectivity index (χ2v) is 5.31. The van der Waals surface area contributed by atoms with Gasteiger partial charge in [-0.15, -0.1) is 0 Å². The standard InChI is InChI=1S/C15H15Cl2N/c1-10-3-2-4-11(7-10)8-15(18)13-6-5-12(16)9-14(13)17/h2-7,9,15H,8,18H2,1H3. The van der Waals surface area contributed by atoms with Crippen molar-refractivity contribution < 1.29 is 0 Å². The van der Waals surface area contributed by atoms with Crippen molar-refractivity contribution in [2.24, 2.45) is 5.73 Å². The summed E-state index contributed by atoms with van der Waals surface area (Å²) in [7, 11) is 0. The van der Waals surface area contributed by atoms with Gasteiger partial charge in [-0.05, 0) is 36.6 Å². The first kappa shape index (κ1) is 13.4. The minimum absolute atomic E-state index is 0.114. The van der Waals surface area contributed by atoms with Crippen LogP contribution in [0.25, 0.3) is 0 Å². The molecule has 2 N–H and O–H groups in total. The topological polar surface area (TPSA) is 26.0 Å². The Morgan fingerprint density at radius 1 is 1.11 bits per heavy atom. The minimum atomic E-state index is -0.114. The van der Waals surface area contributed by atoms with Crippen molar-refractivity contribution in [3.8, 4) is 0 Å². The molecule has 18 heavy (non-hydrogen) atoms. The fraction of sp³-hybridized carbons (Fsp3) is 0.200. The first-order valence-electron chi connectivity index (χ1n) is 5.82. The minimum Gasteiger partial charge on any atom is -0.324 e. The molecule has 0 radical (unpaired) electrons. The molecule has 0 spiro atoms. The van der Waals surface area contributed by atoms with Gasteiger partial charge in [-0.1, -0.05) is 59.1 Å². The quantitative estimate of drug-likeness (QED) is 0.877. The van der Waals surface area contributed by atoms with Gasteiger partial charge in [0.25, 0.3) is 0 Å². The first-order chi connectivity index (χ1) is 8.56. The lowest BCUT2D eigenvalue weighted by molar-refractivity contribution is 0.722. The summed E-state index contributed by atoms with van der Waals surface area (Å²) in [5.74, 6) is 0. The number of benzene rings is 2. The van der Waals surface area contributed by atoms with Crippen molar-refractivity contribution in [1.29, 1.82) is 0 Å². The van der Waals surface area contributed by atoms with Gasteiger partial charge in [0.05, 0.1) is 0 Å². The molecule has 0 saturated heterocycles. The Bertz CT molecular complexity index is 552. The Hall–Kier alpha value is -1.02. The molecular weight excluding hydrogens is 265 g/mol. The maximum Gasteiger partial charge on any atom is 0.0468 e. The molecule has 1 atom stereocenters. The van der Waals surface area contributed by atoms with E-state index >= 15 is 0 Å². The molecule has 0 aliphatic heterocycles. The zero-order valence-corrected chi connectivity index (χ0v) is 11.7. The van der Waals surface area contributed by atoms with Crippen LogP contribution in [-0.2, 0) is 6.42 Å². The molecule has 2 aromatic rings. The van der Waals surface area contributed by atoms with Crippen LogP contribution in [0.2, 0.25) is 10.0 Å². The first-order valence-corrected chi connectivity index (χ1v) is 6.58. The third kappa shape index (κ3) is 3.26. The monoisotopic (exact) mass is 279 g/mol. The predicted molar refractivity (Wildman–Crippen MR) is 78.3 cm³/mol. The van der Waals surface area contributed by atoms with E-state index in [-0.39, 0.29) is 6.04 Å². The van der Waals surface area contributed by atoms with E-state index < -0.39 is 0 Å². The molecule has 2 rings (SSSR count). The van der Waals surface area contributed by atoms with Crippen LogP contribution < -0.4 is 5.73 Å². The Kier molecular flexibility index (Phi) is 4.28. The van der Waals surface area contributed by atoms with Crippen molar-refractivity contribution in [3.05, 3.63) is 69.2 Å². The van der Waals surface area contributed by atoms with Crippen molar-refractivity contribution >= 4 is 23.2 Å². The van der Waals surface area contributed by atoms with Gasteiger partial charge in [-0.3, -0.25) is 0 Å². The number of halogens is 2. The molecule has 1 nitrogen and oxygen atoms in total. The fourth-order valence-electron chi connectivity index (χ4n) is 2.01. The molecule has 1 unspecified atom stereocenters. The summed E-state index contributed by atoms with van der Waals surface area (Å²) in [5, 5.41) is 1.26. The SMILES string of the molecule is Cc1cccc(CC(N)c2ccc(Cl)cc2Cl)c1. The Morgan fingerprint density at radius 3 is 2.56 bits per heavy atom. The smallest absolute Gasteiger partial charge is 0.0468 e. The van der Waals surface area contributed by atoms with Crippen LogP contribution in [0.15, 0.2) is 42.5 Å². The highest BCUT2D eigenvalue weighted by atomic mass is 35.5. The molecule has 0 bridgehead atoms. The van der Waals surface area contributed by atoms with E-state index in [0.29, 0.717) is 10.0 Å². The highest BCUT2D eigenvalue weighted by molar-refractivity contribution is 6.35. The molecular formula is C15H15Cl2N. The van der Waals surface area contributed by atoms with Gasteiger partial charge in [0.15, 0.2) is 0 Å². The molecule has 0 saturated carbocycles. The van der Waals surface area contributed by atoms with E-state index in [0.717, 1.165) is 12.0 Å². The molecule has 0 fully saturated rings. The second-order valence-electron chi connectivity index (χ2n) is 4.47. The van der Waals surface area contributed by atoms with Crippen LogP contribution in [-0.4, -0.2) is 0 Å². The van der Waals surface area contributed by atoms with Crippen LogP contribution >= 0.6 is 23.2 Å². The van der Waals surface area contributed by atoms with E-state index in [1.165, 1.54) is 11.1 Å². The highest BCUT2D eigenvalue weighted by Crippen LogP contribution is 2.27. The van der Waals surface area contributed by atoms with Crippen molar-refractivity contribution in [3.63, 3.8) is 0 Å². The summed E-state index contributed by atoms with van der Waals surface area (Å²) in [6, 6.07) is 13.7. The fourth-order valence-corrected chi connectivity index (χ4v) is 2.55. The third-order valence-electron chi connectivity index (χ3n) is 2.90. The molecule has 0 aromatic heterocycles. The predicted octanol–water partition coefficient (Wildman–Crippen LogP) is 4.54. The largest absolute Gasteiger partial charge is 0.324 e. The normalized spacial score (nSPS) is 12.4. The Morgan fingerprint density at radius 2 is 1.89 bits per heavy atom. The number of nitrogens with two attached hydrogens (primary N) is 1.